The number of rotatable bonds is 16. The Morgan fingerprint density at radius 2 is 1.19 bits per heavy atom. The number of alkyl carbamates (subject to hydrolysis) is 4. The summed E-state index contributed by atoms with van der Waals surface area (Å²) in [5, 5.41) is 10.8. The van der Waals surface area contributed by atoms with Crippen LogP contribution in [-0.2, 0) is 68.9 Å². The molecule has 1 saturated heterocycles. The van der Waals surface area contributed by atoms with Crippen molar-refractivity contribution < 1.29 is 62.0 Å². The molecule has 1 aliphatic heterocycles. The number of hydrogen-bond donors (Lipinski definition) is 4. The van der Waals surface area contributed by atoms with Crippen LogP contribution in [0, 0.1) is 23.7 Å². The number of likely N-dealkylation sites (tertiary alicyclic amines) is 1. The SMILES string of the molecule is COC(=O)C1CC(NC(=O)OCC#Cc2cc(C#CCOC(=O)NCc3cccc(CNC(=O)OC(C)(C)C)c3)cc(C(C=O)OC)c2)CN1C(=O)CCc1cccc(CNC(=O)OC(C)(C)C)c1. The Morgan fingerprint density at radius 3 is 1.68 bits per heavy atom. The molecule has 0 bridgehead atoms. The zero-order chi connectivity index (χ0) is 50.6. The molecule has 69 heavy (non-hydrogen) atoms. The minimum Gasteiger partial charge on any atom is -0.467 e. The highest BCUT2D eigenvalue weighted by atomic mass is 16.6. The summed E-state index contributed by atoms with van der Waals surface area (Å²) in [5.74, 6) is 10.4. The fourth-order valence-corrected chi connectivity index (χ4v) is 6.84. The monoisotopic (exact) mass is 951 g/mol. The van der Waals surface area contributed by atoms with Crippen molar-refractivity contribution in [2.24, 2.45) is 0 Å². The Balaban J connectivity index is 1.27. The summed E-state index contributed by atoms with van der Waals surface area (Å²) < 4.78 is 31.3. The third-order valence-electron chi connectivity index (χ3n) is 9.81. The van der Waals surface area contributed by atoms with Gasteiger partial charge < -0.3 is 59.4 Å². The molecule has 0 saturated carbocycles. The number of aldehydes is 1. The van der Waals surface area contributed by atoms with Gasteiger partial charge in [-0.1, -0.05) is 72.2 Å². The largest absolute Gasteiger partial charge is 0.467 e. The van der Waals surface area contributed by atoms with Crippen LogP contribution in [0.15, 0.2) is 66.7 Å². The van der Waals surface area contributed by atoms with E-state index in [1.807, 2.05) is 42.5 Å². The van der Waals surface area contributed by atoms with Crippen LogP contribution in [0.3, 0.4) is 0 Å². The van der Waals surface area contributed by atoms with Gasteiger partial charge in [0.25, 0.3) is 0 Å². The molecule has 4 N–H and O–H groups in total. The fourth-order valence-electron chi connectivity index (χ4n) is 6.84. The van der Waals surface area contributed by atoms with Crippen molar-refractivity contribution in [3.8, 4) is 23.7 Å². The van der Waals surface area contributed by atoms with Gasteiger partial charge in [-0.3, -0.25) is 4.79 Å². The van der Waals surface area contributed by atoms with Crippen LogP contribution >= 0.6 is 0 Å². The van der Waals surface area contributed by atoms with Crippen molar-refractivity contribution in [2.75, 3.05) is 34.0 Å². The summed E-state index contributed by atoms with van der Waals surface area (Å²) in [6.07, 6.45) is -2.32. The van der Waals surface area contributed by atoms with Gasteiger partial charge in [0.15, 0.2) is 19.5 Å². The molecule has 4 rings (SSSR count). The molecule has 1 fully saturated rings. The van der Waals surface area contributed by atoms with E-state index in [-0.39, 0.29) is 58.1 Å². The first-order valence-electron chi connectivity index (χ1n) is 22.2. The van der Waals surface area contributed by atoms with Crippen molar-refractivity contribution in [1.82, 2.24) is 26.2 Å². The van der Waals surface area contributed by atoms with Gasteiger partial charge in [0.05, 0.1) is 13.2 Å². The predicted octanol–water partition coefficient (Wildman–Crippen LogP) is 5.75. The highest BCUT2D eigenvalue weighted by molar-refractivity contribution is 5.86. The minimum absolute atomic E-state index is 0.0510. The van der Waals surface area contributed by atoms with Crippen molar-refractivity contribution in [3.63, 3.8) is 0 Å². The quantitative estimate of drug-likeness (QED) is 0.0581. The Hall–Kier alpha value is -7.57. The Labute approximate surface area is 402 Å². The Bertz CT molecular complexity index is 2440. The maximum atomic E-state index is 13.4. The number of ether oxygens (including phenoxy) is 6. The lowest BCUT2D eigenvalue weighted by Gasteiger charge is -2.22. The van der Waals surface area contributed by atoms with E-state index in [4.69, 9.17) is 28.4 Å². The second kappa shape index (κ2) is 26.1. The number of carbonyl (C=O) groups is 7. The van der Waals surface area contributed by atoms with Gasteiger partial charge >= 0.3 is 30.3 Å². The molecule has 0 aromatic heterocycles. The summed E-state index contributed by atoms with van der Waals surface area (Å²) in [6, 6.07) is 18.1. The molecule has 3 aromatic carbocycles. The number of methoxy groups -OCH3 is 2. The topological polar surface area (TPSA) is 226 Å². The van der Waals surface area contributed by atoms with Crippen LogP contribution in [0.1, 0.15) is 99.4 Å². The normalized spacial score (nSPS) is 14.5. The van der Waals surface area contributed by atoms with E-state index >= 15 is 0 Å². The van der Waals surface area contributed by atoms with Crippen molar-refractivity contribution in [2.45, 2.75) is 110 Å². The van der Waals surface area contributed by atoms with Crippen LogP contribution in [-0.4, -0.2) is 105 Å². The van der Waals surface area contributed by atoms with Crippen LogP contribution < -0.4 is 21.3 Å². The number of amides is 5. The maximum absolute atomic E-state index is 13.4. The predicted molar refractivity (Wildman–Crippen MR) is 252 cm³/mol. The van der Waals surface area contributed by atoms with Crippen LogP contribution in [0.5, 0.6) is 0 Å². The molecule has 0 radical (unpaired) electrons. The summed E-state index contributed by atoms with van der Waals surface area (Å²) >= 11 is 0. The molecule has 368 valence electrons. The summed E-state index contributed by atoms with van der Waals surface area (Å²) in [5.41, 5.74) is 3.37. The molecular formula is C51H61N5O13. The average Bonchev–Trinajstić information content (AvgIpc) is 3.72. The van der Waals surface area contributed by atoms with E-state index in [1.54, 1.807) is 65.8 Å². The number of nitrogens with one attached hydrogen (secondary N) is 4. The first kappa shape index (κ1) is 54.0. The third kappa shape index (κ3) is 19.7. The molecule has 18 nitrogen and oxygen atoms in total. The highest BCUT2D eigenvalue weighted by Crippen LogP contribution is 2.22. The highest BCUT2D eigenvalue weighted by Gasteiger charge is 2.40. The number of esters is 1. The van der Waals surface area contributed by atoms with Crippen molar-refractivity contribution >= 4 is 42.5 Å². The van der Waals surface area contributed by atoms with Gasteiger partial charge in [-0.05, 0) is 94.0 Å². The van der Waals surface area contributed by atoms with Crippen LogP contribution in [0.2, 0.25) is 0 Å². The summed E-state index contributed by atoms with van der Waals surface area (Å²) in [6.45, 7) is 10.8. The van der Waals surface area contributed by atoms with Gasteiger partial charge in [-0.25, -0.2) is 24.0 Å². The first-order chi connectivity index (χ1) is 32.7. The van der Waals surface area contributed by atoms with Gasteiger partial charge in [0.1, 0.15) is 23.3 Å². The second-order valence-corrected chi connectivity index (χ2v) is 17.8. The number of hydrogen-bond acceptors (Lipinski definition) is 13. The zero-order valence-corrected chi connectivity index (χ0v) is 40.3. The number of benzene rings is 3. The van der Waals surface area contributed by atoms with Gasteiger partial charge in [-0.2, -0.15) is 0 Å². The molecule has 1 heterocycles. The van der Waals surface area contributed by atoms with Crippen LogP contribution in [0.4, 0.5) is 19.2 Å². The van der Waals surface area contributed by atoms with Crippen LogP contribution in [0.25, 0.3) is 0 Å². The molecule has 0 spiro atoms. The molecule has 0 aliphatic carbocycles. The summed E-state index contributed by atoms with van der Waals surface area (Å²) in [7, 11) is 2.61. The zero-order valence-electron chi connectivity index (χ0n) is 40.3. The molecule has 1 aliphatic rings. The number of nitrogens with zero attached hydrogens (tertiary/aromatic N) is 1. The third-order valence-corrected chi connectivity index (χ3v) is 9.81. The van der Waals surface area contributed by atoms with Crippen molar-refractivity contribution in [3.05, 3.63) is 106 Å². The van der Waals surface area contributed by atoms with E-state index in [0.29, 0.717) is 29.4 Å². The smallest absolute Gasteiger partial charge is 0.408 e. The van der Waals surface area contributed by atoms with E-state index in [0.717, 1.165) is 22.3 Å². The van der Waals surface area contributed by atoms with Gasteiger partial charge in [0.2, 0.25) is 5.91 Å². The molecule has 18 heteroatoms. The van der Waals surface area contributed by atoms with E-state index in [9.17, 15) is 33.6 Å². The molecule has 3 atom stereocenters. The standard InChI is InChI=1S/C51H61N5O13/c1-50(2,3)68-47(61)53-30-37-14-9-13-34(23-37)19-20-44(58)56-32-41(28-42(56)45(59)65-8)55-49(63)67-22-12-18-36-24-35(26-40(27-36)43(33-57)64-7)17-11-21-66-46(60)52-29-38-15-10-16-39(25-38)31-54-48(62)69-51(4,5)6/h9-10,13-16,23-27,33,41-43H,19-22,28-32H2,1-8H3,(H,52,60)(H,53,61)(H,54,62)(H,55,63). The van der Waals surface area contributed by atoms with E-state index in [1.165, 1.54) is 19.1 Å². The first-order valence-corrected chi connectivity index (χ1v) is 22.2. The van der Waals surface area contributed by atoms with E-state index in [2.05, 4.69) is 44.9 Å². The average molecular weight is 952 g/mol. The van der Waals surface area contributed by atoms with Crippen molar-refractivity contribution in [1.29, 1.82) is 0 Å². The lowest BCUT2D eigenvalue weighted by Crippen LogP contribution is -2.42. The van der Waals surface area contributed by atoms with Gasteiger partial charge in [-0.15, -0.1) is 0 Å². The molecule has 5 amide bonds. The van der Waals surface area contributed by atoms with Gasteiger partial charge in [0, 0.05) is 57.3 Å². The number of aryl methyl sites for hydroxylation is 1. The van der Waals surface area contributed by atoms with E-state index < -0.39 is 59.7 Å². The fraction of sp³-hybridized carbons (Fsp3) is 0.431. The molecular weight excluding hydrogens is 891 g/mol. The molecule has 3 unspecified atom stereocenters. The lowest BCUT2D eigenvalue weighted by molar-refractivity contribution is -0.150. The Morgan fingerprint density at radius 1 is 0.696 bits per heavy atom. The summed E-state index contributed by atoms with van der Waals surface area (Å²) in [4.78, 5) is 88.6. The molecule has 3 aromatic rings. The maximum Gasteiger partial charge on any atom is 0.408 e. The lowest BCUT2D eigenvalue weighted by atomic mass is 10.0. The number of carbonyl (C=O) groups excluding carboxylic acids is 7. The minimum atomic E-state index is -0.916. The Kier molecular flexibility index (Phi) is 20.4. The second-order valence-electron chi connectivity index (χ2n) is 17.8.